The minimum absolute atomic E-state index is 0.00512. The number of amides is 1. The lowest BCUT2D eigenvalue weighted by Gasteiger charge is -2.15. The maximum Gasteiger partial charge on any atom is 0.251 e. The average Bonchev–Trinajstić information content (AvgIpc) is 2.63. The molecular weight excluding hydrogens is 352 g/mol. The maximum absolute atomic E-state index is 12.4. The Bertz CT molecular complexity index is 831. The number of rotatable bonds is 8. The summed E-state index contributed by atoms with van der Waals surface area (Å²) < 4.78 is 31.0. The second-order valence-corrected chi connectivity index (χ2v) is 7.79. The van der Waals surface area contributed by atoms with Gasteiger partial charge in [0.25, 0.3) is 5.91 Å². The molecule has 0 aromatic heterocycles. The summed E-state index contributed by atoms with van der Waals surface area (Å²) in [5, 5.41) is 2.92. The Balaban J connectivity index is 2.00. The van der Waals surface area contributed by atoms with Crippen molar-refractivity contribution in [2.75, 3.05) is 17.1 Å². The zero-order valence-corrected chi connectivity index (χ0v) is 16.0. The summed E-state index contributed by atoms with van der Waals surface area (Å²) in [5.41, 5.74) is 1.86. The van der Waals surface area contributed by atoms with Crippen LogP contribution in [0.5, 0.6) is 5.75 Å². The first-order valence-electron chi connectivity index (χ1n) is 8.48. The summed E-state index contributed by atoms with van der Waals surface area (Å²) in [6.07, 6.45) is 0. The number of hydrogen-bond acceptors (Lipinski definition) is 4. The average molecular weight is 376 g/mol. The molecule has 0 aliphatic heterocycles. The Morgan fingerprint density at radius 1 is 1.04 bits per heavy atom. The highest BCUT2D eigenvalue weighted by molar-refractivity contribution is 7.92. The number of nitrogens with one attached hydrogen (secondary N) is 2. The second-order valence-electron chi connectivity index (χ2n) is 5.78. The van der Waals surface area contributed by atoms with E-state index in [1.165, 1.54) is 0 Å². The maximum atomic E-state index is 12.4. The van der Waals surface area contributed by atoms with E-state index in [-0.39, 0.29) is 17.7 Å². The van der Waals surface area contributed by atoms with E-state index >= 15 is 0 Å². The number of anilines is 1. The molecule has 7 heteroatoms. The highest BCUT2D eigenvalue weighted by Crippen LogP contribution is 2.18. The van der Waals surface area contributed by atoms with Crippen molar-refractivity contribution in [3.05, 3.63) is 59.7 Å². The van der Waals surface area contributed by atoms with Crippen molar-refractivity contribution >= 4 is 21.6 Å². The molecule has 2 aromatic rings. The van der Waals surface area contributed by atoms with Crippen LogP contribution in [0.3, 0.4) is 0 Å². The van der Waals surface area contributed by atoms with Crippen LogP contribution in [0, 0.1) is 0 Å². The van der Waals surface area contributed by atoms with Crippen LogP contribution in [0.25, 0.3) is 0 Å². The number of ether oxygens (including phenoxy) is 1. The van der Waals surface area contributed by atoms with Crippen LogP contribution in [-0.2, 0) is 10.0 Å². The lowest BCUT2D eigenvalue weighted by atomic mass is 10.1. The molecule has 2 N–H and O–H groups in total. The molecule has 0 saturated heterocycles. The number of benzene rings is 2. The SMILES string of the molecule is CCOc1ccc([C@@H](C)NC(=O)c2ccc(NS(=O)(=O)CC)cc2)cc1. The third kappa shape index (κ3) is 5.49. The molecule has 2 rings (SSSR count). The number of carbonyl (C=O) groups is 1. The van der Waals surface area contributed by atoms with Crippen LogP contribution in [0.1, 0.15) is 42.7 Å². The van der Waals surface area contributed by atoms with Crippen molar-refractivity contribution in [1.82, 2.24) is 5.32 Å². The first-order valence-corrected chi connectivity index (χ1v) is 10.1. The van der Waals surface area contributed by atoms with Crippen LogP contribution in [-0.4, -0.2) is 26.7 Å². The highest BCUT2D eigenvalue weighted by atomic mass is 32.2. The highest BCUT2D eigenvalue weighted by Gasteiger charge is 2.12. The summed E-state index contributed by atoms with van der Waals surface area (Å²) in [6, 6.07) is 13.7. The molecular formula is C19H24N2O4S. The van der Waals surface area contributed by atoms with E-state index in [0.29, 0.717) is 17.9 Å². The molecule has 1 amide bonds. The Kier molecular flexibility index (Phi) is 6.63. The van der Waals surface area contributed by atoms with Crippen LogP contribution >= 0.6 is 0 Å². The van der Waals surface area contributed by atoms with Crippen molar-refractivity contribution < 1.29 is 17.9 Å². The summed E-state index contributed by atoms with van der Waals surface area (Å²) in [6.45, 7) is 6.00. The van der Waals surface area contributed by atoms with Crippen molar-refractivity contribution in [2.24, 2.45) is 0 Å². The molecule has 0 aliphatic rings. The summed E-state index contributed by atoms with van der Waals surface area (Å²) in [7, 11) is -3.33. The molecule has 1 atom stereocenters. The van der Waals surface area contributed by atoms with Gasteiger partial charge in [0, 0.05) is 11.3 Å². The lowest BCUT2D eigenvalue weighted by molar-refractivity contribution is 0.0940. The predicted molar refractivity (Wildman–Crippen MR) is 103 cm³/mol. The topological polar surface area (TPSA) is 84.5 Å². The molecule has 0 bridgehead atoms. The van der Waals surface area contributed by atoms with Gasteiger partial charge in [0.15, 0.2) is 0 Å². The fourth-order valence-corrected chi connectivity index (χ4v) is 2.96. The fraction of sp³-hybridized carbons (Fsp3) is 0.316. The second kappa shape index (κ2) is 8.71. The number of hydrogen-bond donors (Lipinski definition) is 2. The largest absolute Gasteiger partial charge is 0.494 e. The zero-order valence-electron chi connectivity index (χ0n) is 15.2. The van der Waals surface area contributed by atoms with E-state index in [4.69, 9.17) is 4.74 Å². The van der Waals surface area contributed by atoms with Gasteiger partial charge in [-0.25, -0.2) is 8.42 Å². The molecule has 0 spiro atoms. The fourth-order valence-electron chi connectivity index (χ4n) is 2.32. The van der Waals surface area contributed by atoms with Crippen molar-refractivity contribution in [2.45, 2.75) is 26.8 Å². The monoisotopic (exact) mass is 376 g/mol. The van der Waals surface area contributed by atoms with Crippen LogP contribution in [0.15, 0.2) is 48.5 Å². The minimum Gasteiger partial charge on any atom is -0.494 e. The van der Waals surface area contributed by atoms with E-state index in [0.717, 1.165) is 11.3 Å². The molecule has 2 aromatic carbocycles. The molecule has 26 heavy (non-hydrogen) atoms. The molecule has 0 aliphatic carbocycles. The molecule has 0 heterocycles. The predicted octanol–water partition coefficient (Wildman–Crippen LogP) is 3.34. The van der Waals surface area contributed by atoms with Crippen LogP contribution in [0.4, 0.5) is 5.69 Å². The van der Waals surface area contributed by atoms with Crippen molar-refractivity contribution in [1.29, 1.82) is 0 Å². The third-order valence-electron chi connectivity index (χ3n) is 3.84. The number of carbonyl (C=O) groups excluding carboxylic acids is 1. The Morgan fingerprint density at radius 2 is 1.65 bits per heavy atom. The molecule has 0 saturated carbocycles. The van der Waals surface area contributed by atoms with E-state index < -0.39 is 10.0 Å². The van der Waals surface area contributed by atoms with Gasteiger partial charge in [0.1, 0.15) is 5.75 Å². The van der Waals surface area contributed by atoms with Crippen molar-refractivity contribution in [3.8, 4) is 5.75 Å². The van der Waals surface area contributed by atoms with Gasteiger partial charge in [-0.15, -0.1) is 0 Å². The van der Waals surface area contributed by atoms with E-state index in [9.17, 15) is 13.2 Å². The molecule has 140 valence electrons. The van der Waals surface area contributed by atoms with Crippen LogP contribution in [0.2, 0.25) is 0 Å². The number of sulfonamides is 1. The quantitative estimate of drug-likeness (QED) is 0.740. The van der Waals surface area contributed by atoms with E-state index in [1.54, 1.807) is 31.2 Å². The Morgan fingerprint density at radius 3 is 2.19 bits per heavy atom. The first kappa shape index (κ1) is 19.8. The standard InChI is InChI=1S/C19H24N2O4S/c1-4-25-18-12-8-15(9-13-18)14(3)20-19(22)16-6-10-17(11-7-16)21-26(23,24)5-2/h6-14,21H,4-5H2,1-3H3,(H,20,22)/t14-/m1/s1. The molecule has 0 radical (unpaired) electrons. The lowest BCUT2D eigenvalue weighted by Crippen LogP contribution is -2.26. The van der Waals surface area contributed by atoms with Gasteiger partial charge in [-0.2, -0.15) is 0 Å². The summed E-state index contributed by atoms with van der Waals surface area (Å²) >= 11 is 0. The van der Waals surface area contributed by atoms with Gasteiger partial charge in [0.05, 0.1) is 18.4 Å². The molecule has 0 unspecified atom stereocenters. The Labute approximate surface area is 154 Å². The van der Waals surface area contributed by atoms with Gasteiger partial charge in [-0.05, 0) is 62.7 Å². The van der Waals surface area contributed by atoms with Gasteiger partial charge in [-0.3, -0.25) is 9.52 Å². The first-order chi connectivity index (χ1) is 12.3. The minimum atomic E-state index is -3.33. The Hall–Kier alpha value is -2.54. The normalized spacial score (nSPS) is 12.3. The van der Waals surface area contributed by atoms with Gasteiger partial charge < -0.3 is 10.1 Å². The van der Waals surface area contributed by atoms with Gasteiger partial charge in [0.2, 0.25) is 10.0 Å². The van der Waals surface area contributed by atoms with Gasteiger partial charge in [-0.1, -0.05) is 12.1 Å². The van der Waals surface area contributed by atoms with Gasteiger partial charge >= 0.3 is 0 Å². The van der Waals surface area contributed by atoms with E-state index in [2.05, 4.69) is 10.0 Å². The molecule has 0 fully saturated rings. The summed E-state index contributed by atoms with van der Waals surface area (Å²) in [4.78, 5) is 12.4. The molecule has 6 nitrogen and oxygen atoms in total. The summed E-state index contributed by atoms with van der Waals surface area (Å²) in [5.74, 6) is 0.561. The smallest absolute Gasteiger partial charge is 0.251 e. The van der Waals surface area contributed by atoms with Crippen molar-refractivity contribution in [3.63, 3.8) is 0 Å². The van der Waals surface area contributed by atoms with Crippen LogP contribution < -0.4 is 14.8 Å². The van der Waals surface area contributed by atoms with E-state index in [1.807, 2.05) is 38.1 Å². The third-order valence-corrected chi connectivity index (χ3v) is 5.15. The zero-order chi connectivity index (χ0) is 19.2.